The van der Waals surface area contributed by atoms with Crippen molar-refractivity contribution in [3.05, 3.63) is 59.7 Å². The second-order valence-corrected chi connectivity index (χ2v) is 10.9. The maximum atomic E-state index is 13.8. The number of carbonyl (C=O) groups is 1. The van der Waals surface area contributed by atoms with Crippen molar-refractivity contribution in [2.24, 2.45) is 0 Å². The zero-order chi connectivity index (χ0) is 21.4. The number of sulfone groups is 1. The van der Waals surface area contributed by atoms with Gasteiger partial charge in [0.2, 0.25) is 5.91 Å². The van der Waals surface area contributed by atoms with Crippen molar-refractivity contribution in [3.63, 3.8) is 0 Å². The number of anilines is 1. The van der Waals surface area contributed by atoms with Gasteiger partial charge >= 0.3 is 0 Å². The molecular formula is C24H30N2O3S. The SMILES string of the molecule is Cc1ccc(C)c(S(=O)(=O)C2(C(=O)N3CCC(Nc4ccccc4)C3)CCCC2)c1. The molecule has 0 radical (unpaired) electrons. The zero-order valence-electron chi connectivity index (χ0n) is 17.7. The predicted octanol–water partition coefficient (Wildman–Crippen LogP) is 4.10. The molecule has 1 aliphatic carbocycles. The largest absolute Gasteiger partial charge is 0.380 e. The summed E-state index contributed by atoms with van der Waals surface area (Å²) in [6.07, 6.45) is 3.19. The fourth-order valence-corrected chi connectivity index (χ4v) is 7.31. The van der Waals surface area contributed by atoms with Crippen LogP contribution in [0, 0.1) is 13.8 Å². The van der Waals surface area contributed by atoms with Crippen molar-refractivity contribution in [2.75, 3.05) is 18.4 Å². The minimum atomic E-state index is -3.78. The van der Waals surface area contributed by atoms with Gasteiger partial charge in [0, 0.05) is 24.8 Å². The average molecular weight is 427 g/mol. The van der Waals surface area contributed by atoms with Crippen LogP contribution in [-0.4, -0.2) is 43.1 Å². The quantitative estimate of drug-likeness (QED) is 0.782. The maximum Gasteiger partial charge on any atom is 0.244 e. The Morgan fingerprint density at radius 3 is 2.47 bits per heavy atom. The summed E-state index contributed by atoms with van der Waals surface area (Å²) in [6, 6.07) is 15.6. The summed E-state index contributed by atoms with van der Waals surface area (Å²) in [6.45, 7) is 4.84. The average Bonchev–Trinajstić information content (AvgIpc) is 3.41. The van der Waals surface area contributed by atoms with Crippen molar-refractivity contribution in [3.8, 4) is 0 Å². The molecule has 1 N–H and O–H groups in total. The Kier molecular flexibility index (Phi) is 5.62. The molecule has 1 heterocycles. The monoisotopic (exact) mass is 426 g/mol. The van der Waals surface area contributed by atoms with E-state index >= 15 is 0 Å². The molecule has 2 fully saturated rings. The maximum absolute atomic E-state index is 13.8. The molecule has 2 aliphatic rings. The number of amides is 1. The molecule has 1 saturated heterocycles. The van der Waals surface area contributed by atoms with Crippen LogP contribution in [-0.2, 0) is 14.6 Å². The van der Waals surface area contributed by atoms with E-state index in [0.717, 1.165) is 30.5 Å². The highest BCUT2D eigenvalue weighted by Crippen LogP contribution is 2.43. The van der Waals surface area contributed by atoms with Gasteiger partial charge in [-0.05, 0) is 62.4 Å². The molecular weight excluding hydrogens is 396 g/mol. The molecule has 0 aromatic heterocycles. The van der Waals surface area contributed by atoms with Crippen LogP contribution in [0.15, 0.2) is 53.4 Å². The number of aryl methyl sites for hydroxylation is 2. The number of nitrogens with zero attached hydrogens (tertiary/aromatic N) is 1. The van der Waals surface area contributed by atoms with Gasteiger partial charge < -0.3 is 10.2 Å². The Balaban J connectivity index is 1.60. The molecule has 160 valence electrons. The summed E-state index contributed by atoms with van der Waals surface area (Å²) in [4.78, 5) is 15.8. The Morgan fingerprint density at radius 2 is 1.77 bits per heavy atom. The highest BCUT2D eigenvalue weighted by atomic mass is 32.2. The van der Waals surface area contributed by atoms with Crippen LogP contribution in [0.5, 0.6) is 0 Å². The number of benzene rings is 2. The van der Waals surface area contributed by atoms with Crippen LogP contribution in [0.25, 0.3) is 0 Å². The Hall–Kier alpha value is -2.34. The molecule has 1 saturated carbocycles. The zero-order valence-corrected chi connectivity index (χ0v) is 18.5. The van der Waals surface area contributed by atoms with Gasteiger partial charge in [-0.1, -0.05) is 43.2 Å². The second kappa shape index (κ2) is 8.06. The molecule has 1 aliphatic heterocycles. The van der Waals surface area contributed by atoms with Crippen molar-refractivity contribution < 1.29 is 13.2 Å². The number of hydrogen-bond acceptors (Lipinski definition) is 4. The Bertz CT molecular complexity index is 1030. The van der Waals surface area contributed by atoms with Gasteiger partial charge in [0.05, 0.1) is 4.90 Å². The fourth-order valence-electron chi connectivity index (χ4n) is 4.87. The predicted molar refractivity (Wildman–Crippen MR) is 119 cm³/mol. The third-order valence-electron chi connectivity index (χ3n) is 6.57. The lowest BCUT2D eigenvalue weighted by Crippen LogP contribution is -2.52. The molecule has 30 heavy (non-hydrogen) atoms. The minimum Gasteiger partial charge on any atom is -0.380 e. The topological polar surface area (TPSA) is 66.5 Å². The van der Waals surface area contributed by atoms with Gasteiger partial charge in [-0.2, -0.15) is 0 Å². The van der Waals surface area contributed by atoms with Crippen LogP contribution < -0.4 is 5.32 Å². The molecule has 6 heteroatoms. The van der Waals surface area contributed by atoms with Gasteiger partial charge in [0.1, 0.15) is 0 Å². The molecule has 2 aromatic carbocycles. The van der Waals surface area contributed by atoms with Crippen LogP contribution in [0.4, 0.5) is 5.69 Å². The number of hydrogen-bond donors (Lipinski definition) is 1. The van der Waals surface area contributed by atoms with Gasteiger partial charge in [-0.3, -0.25) is 4.79 Å². The lowest BCUT2D eigenvalue weighted by Gasteiger charge is -2.32. The molecule has 1 atom stereocenters. The molecule has 5 nitrogen and oxygen atoms in total. The smallest absolute Gasteiger partial charge is 0.244 e. The van der Waals surface area contributed by atoms with E-state index in [9.17, 15) is 13.2 Å². The number of nitrogens with one attached hydrogen (secondary N) is 1. The first-order valence-electron chi connectivity index (χ1n) is 10.8. The van der Waals surface area contributed by atoms with Crippen LogP contribution in [0.2, 0.25) is 0 Å². The number of rotatable bonds is 5. The molecule has 1 amide bonds. The first kappa shape index (κ1) is 20.9. The molecule has 0 bridgehead atoms. The number of carbonyl (C=O) groups excluding carboxylic acids is 1. The van der Waals surface area contributed by atoms with E-state index in [2.05, 4.69) is 5.32 Å². The second-order valence-electron chi connectivity index (χ2n) is 8.72. The van der Waals surface area contributed by atoms with E-state index in [4.69, 9.17) is 0 Å². The van der Waals surface area contributed by atoms with E-state index in [1.165, 1.54) is 0 Å². The van der Waals surface area contributed by atoms with E-state index in [0.29, 0.717) is 36.4 Å². The Morgan fingerprint density at radius 1 is 1.07 bits per heavy atom. The van der Waals surface area contributed by atoms with Gasteiger partial charge in [0.25, 0.3) is 0 Å². The summed E-state index contributed by atoms with van der Waals surface area (Å²) in [5.41, 5.74) is 2.63. The normalized spacial score (nSPS) is 21.0. The summed E-state index contributed by atoms with van der Waals surface area (Å²) < 4.78 is 26.3. The molecule has 1 unspecified atom stereocenters. The molecule has 0 spiro atoms. The first-order chi connectivity index (χ1) is 14.3. The highest BCUT2D eigenvalue weighted by Gasteiger charge is 2.55. The van der Waals surface area contributed by atoms with Crippen LogP contribution >= 0.6 is 0 Å². The highest BCUT2D eigenvalue weighted by molar-refractivity contribution is 7.93. The summed E-state index contributed by atoms with van der Waals surface area (Å²) in [5.74, 6) is -0.210. The number of para-hydroxylation sites is 1. The van der Waals surface area contributed by atoms with Crippen molar-refractivity contribution in [2.45, 2.75) is 61.6 Å². The third kappa shape index (κ3) is 3.62. The minimum absolute atomic E-state index is 0.137. The summed E-state index contributed by atoms with van der Waals surface area (Å²) in [7, 11) is -3.78. The van der Waals surface area contributed by atoms with E-state index in [1.807, 2.05) is 56.3 Å². The number of likely N-dealkylation sites (tertiary alicyclic amines) is 1. The lowest BCUT2D eigenvalue weighted by atomic mass is 10.1. The van der Waals surface area contributed by atoms with E-state index < -0.39 is 14.6 Å². The van der Waals surface area contributed by atoms with Gasteiger partial charge in [-0.15, -0.1) is 0 Å². The summed E-state index contributed by atoms with van der Waals surface area (Å²) >= 11 is 0. The van der Waals surface area contributed by atoms with E-state index in [1.54, 1.807) is 11.0 Å². The summed E-state index contributed by atoms with van der Waals surface area (Å²) in [5, 5.41) is 3.47. The van der Waals surface area contributed by atoms with E-state index in [-0.39, 0.29) is 11.9 Å². The first-order valence-corrected chi connectivity index (χ1v) is 12.2. The molecule has 4 rings (SSSR count). The Labute approximate surface area is 179 Å². The standard InChI is InChI=1S/C24H30N2O3S/c1-18-10-11-19(2)22(16-18)30(28,29)24(13-6-7-14-24)23(27)26-15-12-21(17-26)25-20-8-4-3-5-9-20/h3-5,8-11,16,21,25H,6-7,12-15,17H2,1-2H3. The third-order valence-corrected chi connectivity index (χ3v) is 9.20. The van der Waals surface area contributed by atoms with Gasteiger partial charge in [0.15, 0.2) is 14.6 Å². The van der Waals surface area contributed by atoms with Crippen molar-refractivity contribution >= 4 is 21.4 Å². The van der Waals surface area contributed by atoms with Crippen molar-refractivity contribution in [1.29, 1.82) is 0 Å². The van der Waals surface area contributed by atoms with Crippen LogP contribution in [0.1, 0.15) is 43.2 Å². The van der Waals surface area contributed by atoms with Gasteiger partial charge in [-0.25, -0.2) is 8.42 Å². The molecule has 2 aromatic rings. The lowest BCUT2D eigenvalue weighted by molar-refractivity contribution is -0.132. The van der Waals surface area contributed by atoms with Crippen LogP contribution in [0.3, 0.4) is 0 Å². The van der Waals surface area contributed by atoms with Crippen molar-refractivity contribution in [1.82, 2.24) is 4.90 Å². The fraction of sp³-hybridized carbons (Fsp3) is 0.458.